The van der Waals surface area contributed by atoms with Crippen molar-refractivity contribution in [1.82, 2.24) is 10.3 Å². The lowest BCUT2D eigenvalue weighted by atomic mass is 9.91. The number of rotatable bonds is 4. The Morgan fingerprint density at radius 1 is 1.30 bits per heavy atom. The maximum Gasteiger partial charge on any atom is 0.181 e. The first-order valence-corrected chi connectivity index (χ1v) is 8.79. The summed E-state index contributed by atoms with van der Waals surface area (Å²) < 4.78 is 25.6. The standard InChI is InChI=1S/C21H18FN3O2/c22-19-9-14(4-5-16(19)10-23)18-3-1-2-15(8-17-11-24-6-7-26-17)21(18)20-12-25-13-27-20/h1-5,9,12-13,17,24H,6-8,11H2. The summed E-state index contributed by atoms with van der Waals surface area (Å²) in [6.07, 6.45) is 3.81. The van der Waals surface area contributed by atoms with Gasteiger partial charge in [0.05, 0.1) is 24.5 Å². The van der Waals surface area contributed by atoms with Crippen LogP contribution in [0.25, 0.3) is 22.5 Å². The van der Waals surface area contributed by atoms with E-state index in [1.165, 1.54) is 18.5 Å². The molecular formula is C21H18FN3O2. The first-order chi connectivity index (χ1) is 13.3. The molecule has 1 aromatic heterocycles. The Morgan fingerprint density at radius 3 is 2.93 bits per heavy atom. The van der Waals surface area contributed by atoms with Crippen molar-refractivity contribution < 1.29 is 13.5 Å². The Hall–Kier alpha value is -3.01. The average Bonchev–Trinajstić information content (AvgIpc) is 3.23. The van der Waals surface area contributed by atoms with Crippen molar-refractivity contribution in [2.45, 2.75) is 12.5 Å². The number of oxazole rings is 1. The van der Waals surface area contributed by atoms with Crippen molar-refractivity contribution in [3.8, 4) is 28.5 Å². The Bertz CT molecular complexity index is 974. The van der Waals surface area contributed by atoms with Crippen LogP contribution in [0.4, 0.5) is 4.39 Å². The molecule has 5 nitrogen and oxygen atoms in total. The maximum atomic E-state index is 14.2. The van der Waals surface area contributed by atoms with E-state index in [0.717, 1.165) is 29.8 Å². The maximum absolute atomic E-state index is 14.2. The minimum absolute atomic E-state index is 0.0257. The third kappa shape index (κ3) is 3.61. The molecule has 0 radical (unpaired) electrons. The Labute approximate surface area is 156 Å². The van der Waals surface area contributed by atoms with Crippen LogP contribution in [-0.2, 0) is 11.2 Å². The van der Waals surface area contributed by atoms with Crippen LogP contribution in [-0.4, -0.2) is 30.8 Å². The summed E-state index contributed by atoms with van der Waals surface area (Å²) in [5.74, 6) is 0.0814. The van der Waals surface area contributed by atoms with E-state index in [0.29, 0.717) is 24.4 Å². The van der Waals surface area contributed by atoms with Crippen LogP contribution in [0.15, 0.2) is 53.4 Å². The predicted octanol–water partition coefficient (Wildman–Crippen LogP) is 3.55. The summed E-state index contributed by atoms with van der Waals surface area (Å²) in [6, 6.07) is 12.4. The number of nitrogens with one attached hydrogen (secondary N) is 1. The van der Waals surface area contributed by atoms with E-state index in [1.807, 2.05) is 24.3 Å². The molecule has 0 saturated carbocycles. The predicted molar refractivity (Wildman–Crippen MR) is 98.4 cm³/mol. The summed E-state index contributed by atoms with van der Waals surface area (Å²) in [5.41, 5.74) is 3.45. The van der Waals surface area contributed by atoms with Crippen LogP contribution < -0.4 is 5.32 Å². The topological polar surface area (TPSA) is 71.1 Å². The van der Waals surface area contributed by atoms with E-state index in [2.05, 4.69) is 10.3 Å². The van der Waals surface area contributed by atoms with Crippen LogP contribution >= 0.6 is 0 Å². The first kappa shape index (κ1) is 17.4. The fourth-order valence-corrected chi connectivity index (χ4v) is 3.41. The molecule has 1 saturated heterocycles. The lowest BCUT2D eigenvalue weighted by Crippen LogP contribution is -2.39. The van der Waals surface area contributed by atoms with Gasteiger partial charge in [-0.15, -0.1) is 0 Å². The summed E-state index contributed by atoms with van der Waals surface area (Å²) in [4.78, 5) is 4.04. The highest BCUT2D eigenvalue weighted by molar-refractivity contribution is 5.83. The Morgan fingerprint density at radius 2 is 2.22 bits per heavy atom. The van der Waals surface area contributed by atoms with Crippen LogP contribution in [0.3, 0.4) is 0 Å². The van der Waals surface area contributed by atoms with Crippen molar-refractivity contribution >= 4 is 0 Å². The molecule has 0 bridgehead atoms. The number of morpholine rings is 1. The zero-order chi connectivity index (χ0) is 18.6. The largest absolute Gasteiger partial charge is 0.443 e. The zero-order valence-corrected chi connectivity index (χ0v) is 14.6. The van der Waals surface area contributed by atoms with Gasteiger partial charge in [0, 0.05) is 25.1 Å². The molecule has 136 valence electrons. The zero-order valence-electron chi connectivity index (χ0n) is 14.6. The van der Waals surface area contributed by atoms with Crippen molar-refractivity contribution in [1.29, 1.82) is 5.26 Å². The summed E-state index contributed by atoms with van der Waals surface area (Å²) in [6.45, 7) is 2.32. The number of halogens is 1. The van der Waals surface area contributed by atoms with E-state index in [4.69, 9.17) is 14.4 Å². The molecule has 2 aromatic carbocycles. The molecule has 1 aliphatic heterocycles. The molecule has 1 aliphatic rings. The van der Waals surface area contributed by atoms with Crippen LogP contribution in [0.5, 0.6) is 0 Å². The number of hydrogen-bond donors (Lipinski definition) is 1. The van der Waals surface area contributed by atoms with E-state index in [9.17, 15) is 4.39 Å². The second-order valence-electron chi connectivity index (χ2n) is 6.41. The lowest BCUT2D eigenvalue weighted by Gasteiger charge is -2.25. The highest BCUT2D eigenvalue weighted by atomic mass is 19.1. The van der Waals surface area contributed by atoms with Crippen LogP contribution in [0, 0.1) is 17.1 Å². The van der Waals surface area contributed by atoms with Crippen molar-refractivity contribution in [2.24, 2.45) is 0 Å². The van der Waals surface area contributed by atoms with Crippen molar-refractivity contribution in [2.75, 3.05) is 19.7 Å². The monoisotopic (exact) mass is 363 g/mol. The fraction of sp³-hybridized carbons (Fsp3) is 0.238. The third-order valence-electron chi connectivity index (χ3n) is 4.68. The Kier molecular flexibility index (Phi) is 4.97. The molecule has 1 atom stereocenters. The number of nitriles is 1. The van der Waals surface area contributed by atoms with Crippen LogP contribution in [0.2, 0.25) is 0 Å². The van der Waals surface area contributed by atoms with Gasteiger partial charge in [-0.1, -0.05) is 24.3 Å². The molecule has 27 heavy (non-hydrogen) atoms. The van der Waals surface area contributed by atoms with Gasteiger partial charge in [0.1, 0.15) is 11.9 Å². The molecule has 0 amide bonds. The summed E-state index contributed by atoms with van der Waals surface area (Å²) >= 11 is 0. The van der Waals surface area contributed by atoms with Gasteiger partial charge in [0.2, 0.25) is 0 Å². The lowest BCUT2D eigenvalue weighted by molar-refractivity contribution is 0.0293. The molecule has 1 unspecified atom stereocenters. The highest BCUT2D eigenvalue weighted by Gasteiger charge is 2.20. The van der Waals surface area contributed by atoms with Gasteiger partial charge in [-0.25, -0.2) is 9.37 Å². The SMILES string of the molecule is N#Cc1ccc(-c2cccc(CC3CNCCO3)c2-c2cnco2)cc1F. The smallest absolute Gasteiger partial charge is 0.181 e. The molecule has 6 heteroatoms. The quantitative estimate of drug-likeness (QED) is 0.768. The summed E-state index contributed by atoms with van der Waals surface area (Å²) in [7, 11) is 0. The third-order valence-corrected chi connectivity index (χ3v) is 4.68. The van der Waals surface area contributed by atoms with E-state index in [-0.39, 0.29) is 11.7 Å². The van der Waals surface area contributed by atoms with Gasteiger partial charge in [-0.3, -0.25) is 0 Å². The van der Waals surface area contributed by atoms with Gasteiger partial charge in [0.25, 0.3) is 0 Å². The normalized spacial score (nSPS) is 16.8. The van der Waals surface area contributed by atoms with Gasteiger partial charge >= 0.3 is 0 Å². The second-order valence-corrected chi connectivity index (χ2v) is 6.41. The fourth-order valence-electron chi connectivity index (χ4n) is 3.41. The van der Waals surface area contributed by atoms with E-state index < -0.39 is 5.82 Å². The minimum Gasteiger partial charge on any atom is -0.443 e. The van der Waals surface area contributed by atoms with Crippen molar-refractivity contribution in [3.63, 3.8) is 0 Å². The van der Waals surface area contributed by atoms with Gasteiger partial charge in [-0.2, -0.15) is 5.26 Å². The molecule has 2 heterocycles. The second kappa shape index (κ2) is 7.70. The number of aromatic nitrogens is 1. The molecule has 3 aromatic rings. The molecule has 4 rings (SSSR count). The molecule has 1 N–H and O–H groups in total. The highest BCUT2D eigenvalue weighted by Crippen LogP contribution is 2.36. The number of nitrogens with zero attached hydrogens (tertiary/aromatic N) is 2. The van der Waals surface area contributed by atoms with Gasteiger partial charge in [0.15, 0.2) is 12.2 Å². The number of benzene rings is 2. The van der Waals surface area contributed by atoms with Gasteiger partial charge in [-0.05, 0) is 28.8 Å². The minimum atomic E-state index is -0.538. The molecule has 1 fully saturated rings. The van der Waals surface area contributed by atoms with Crippen molar-refractivity contribution in [3.05, 3.63) is 65.9 Å². The average molecular weight is 363 g/mol. The summed E-state index contributed by atoms with van der Waals surface area (Å²) in [5, 5.41) is 12.3. The van der Waals surface area contributed by atoms with E-state index in [1.54, 1.807) is 12.3 Å². The molecular weight excluding hydrogens is 345 g/mol. The van der Waals surface area contributed by atoms with Crippen LogP contribution in [0.1, 0.15) is 11.1 Å². The first-order valence-electron chi connectivity index (χ1n) is 8.79. The Balaban J connectivity index is 1.80. The number of hydrogen-bond acceptors (Lipinski definition) is 5. The molecule has 0 spiro atoms. The van der Waals surface area contributed by atoms with Gasteiger partial charge < -0.3 is 14.5 Å². The molecule has 0 aliphatic carbocycles. The van der Waals surface area contributed by atoms with E-state index >= 15 is 0 Å². The number of ether oxygens (including phenoxy) is 1.